The number of thioether (sulfide) groups is 1. The zero-order chi connectivity index (χ0) is 34.8. The van der Waals surface area contributed by atoms with Crippen LogP contribution in [-0.4, -0.2) is 35.5 Å². The van der Waals surface area contributed by atoms with Crippen LogP contribution in [0.3, 0.4) is 0 Å². The zero-order valence-electron chi connectivity index (χ0n) is 27.2. The zero-order valence-corrected chi connectivity index (χ0v) is 28.8. The highest BCUT2D eigenvalue weighted by molar-refractivity contribution is 8.00. The molecule has 1 heterocycles. The van der Waals surface area contributed by atoms with Gasteiger partial charge in [-0.05, 0) is 68.3 Å². The summed E-state index contributed by atoms with van der Waals surface area (Å²) in [5.74, 6) is -1.71. The Labute approximate surface area is 293 Å². The third-order valence-corrected chi connectivity index (χ3v) is 9.24. The monoisotopic (exact) mass is 689 g/mol. The van der Waals surface area contributed by atoms with Gasteiger partial charge in [0.05, 0.1) is 11.9 Å². The van der Waals surface area contributed by atoms with Crippen LogP contribution in [0.15, 0.2) is 125 Å². The molecule has 4 aromatic carbocycles. The van der Waals surface area contributed by atoms with E-state index < -0.39 is 23.0 Å². The maximum Gasteiger partial charge on any atom is 0.341 e. The third-order valence-electron chi connectivity index (χ3n) is 7.25. The fourth-order valence-corrected chi connectivity index (χ4v) is 6.76. The van der Waals surface area contributed by atoms with Gasteiger partial charge in [-0.15, -0.1) is 23.1 Å². The first-order chi connectivity index (χ1) is 23.7. The summed E-state index contributed by atoms with van der Waals surface area (Å²) >= 11 is 2.57. The van der Waals surface area contributed by atoms with E-state index in [0.717, 1.165) is 21.6 Å². The number of hydrogen-bond donors (Lipinski definition) is 3. The highest BCUT2D eigenvalue weighted by Crippen LogP contribution is 2.37. The Balaban J connectivity index is 1.30. The molecule has 5 aromatic rings. The molecule has 0 spiro atoms. The van der Waals surface area contributed by atoms with Crippen molar-refractivity contribution >= 4 is 63.6 Å². The first-order valence-corrected chi connectivity index (χ1v) is 17.4. The van der Waals surface area contributed by atoms with Crippen LogP contribution in [0, 0.1) is 6.92 Å². The predicted octanol–water partition coefficient (Wildman–Crippen LogP) is 8.43. The molecule has 248 valence electrons. The lowest BCUT2D eigenvalue weighted by atomic mass is 10.0. The number of amides is 3. The molecule has 0 aliphatic rings. The van der Waals surface area contributed by atoms with Gasteiger partial charge in [0, 0.05) is 27.1 Å². The number of thiophene rings is 1. The number of anilines is 2. The summed E-state index contributed by atoms with van der Waals surface area (Å²) in [5.41, 5.74) is 4.62. The minimum atomic E-state index is -0.551. The molecule has 0 saturated heterocycles. The number of nitrogens with one attached hydrogen (secondary N) is 3. The van der Waals surface area contributed by atoms with Crippen molar-refractivity contribution in [2.75, 3.05) is 17.2 Å². The standard InChI is InChI=1S/C39H35N3O5S2/c1-4-47-39(46)34-32(28-15-7-5-8-16-28)24-48-38(34)42-35(43)26(3)49-31-20-12-19-30(23-31)40-37(45)33(22-27-14-11-13-25(2)21-27)41-36(44)29-17-9-6-10-18-29/h5-24,26H,4H2,1-3H3,(H,40,45)(H,41,44)(H,42,43)/b33-22+. The van der Waals surface area contributed by atoms with E-state index in [4.69, 9.17) is 4.74 Å². The maximum absolute atomic E-state index is 13.5. The second-order valence-corrected chi connectivity index (χ2v) is 13.3. The second-order valence-electron chi connectivity index (χ2n) is 11.0. The van der Waals surface area contributed by atoms with E-state index >= 15 is 0 Å². The Kier molecular flexibility index (Phi) is 11.8. The molecule has 8 nitrogen and oxygen atoms in total. The summed E-state index contributed by atoms with van der Waals surface area (Å²) in [6.07, 6.45) is 1.63. The number of esters is 1. The fourth-order valence-electron chi connectivity index (χ4n) is 4.87. The van der Waals surface area contributed by atoms with Crippen molar-refractivity contribution in [2.24, 2.45) is 0 Å². The van der Waals surface area contributed by atoms with E-state index in [1.165, 1.54) is 23.1 Å². The van der Waals surface area contributed by atoms with Gasteiger partial charge in [-0.25, -0.2) is 4.79 Å². The first kappa shape index (κ1) is 34.9. The number of carbonyl (C=O) groups is 4. The van der Waals surface area contributed by atoms with E-state index in [2.05, 4.69) is 16.0 Å². The lowest BCUT2D eigenvalue weighted by Gasteiger charge is -2.14. The quantitative estimate of drug-likeness (QED) is 0.0689. The van der Waals surface area contributed by atoms with Gasteiger partial charge in [0.25, 0.3) is 11.8 Å². The van der Waals surface area contributed by atoms with Gasteiger partial charge in [-0.2, -0.15) is 0 Å². The number of benzene rings is 4. The van der Waals surface area contributed by atoms with E-state index in [0.29, 0.717) is 27.4 Å². The molecule has 0 fully saturated rings. The number of rotatable bonds is 12. The Morgan fingerprint density at radius 3 is 2.29 bits per heavy atom. The Morgan fingerprint density at radius 2 is 1.57 bits per heavy atom. The molecule has 0 radical (unpaired) electrons. The van der Waals surface area contributed by atoms with Crippen molar-refractivity contribution in [3.63, 3.8) is 0 Å². The SMILES string of the molecule is CCOC(=O)c1c(-c2ccccc2)csc1NC(=O)C(C)Sc1cccc(NC(=O)/C(=C\c2cccc(C)c2)NC(=O)c2ccccc2)c1. The Bertz CT molecular complexity index is 1990. The first-order valence-electron chi connectivity index (χ1n) is 15.6. The minimum absolute atomic E-state index is 0.0773. The largest absolute Gasteiger partial charge is 0.462 e. The summed E-state index contributed by atoms with van der Waals surface area (Å²) in [5, 5.41) is 10.3. The topological polar surface area (TPSA) is 114 Å². The molecule has 0 aliphatic heterocycles. The van der Waals surface area contributed by atoms with Crippen LogP contribution in [0.2, 0.25) is 0 Å². The summed E-state index contributed by atoms with van der Waals surface area (Å²) in [6.45, 7) is 5.66. The fraction of sp³-hybridized carbons (Fsp3) is 0.128. The second kappa shape index (κ2) is 16.6. The van der Waals surface area contributed by atoms with Crippen LogP contribution < -0.4 is 16.0 Å². The molecule has 49 heavy (non-hydrogen) atoms. The molecule has 0 aliphatic carbocycles. The molecular formula is C39H35N3O5S2. The Hall–Kier alpha value is -5.45. The van der Waals surface area contributed by atoms with Gasteiger partial charge < -0.3 is 20.7 Å². The van der Waals surface area contributed by atoms with Crippen molar-refractivity contribution < 1.29 is 23.9 Å². The van der Waals surface area contributed by atoms with E-state index in [9.17, 15) is 19.2 Å². The molecule has 1 atom stereocenters. The van der Waals surface area contributed by atoms with Gasteiger partial charge in [-0.3, -0.25) is 14.4 Å². The van der Waals surface area contributed by atoms with Crippen LogP contribution in [0.4, 0.5) is 10.7 Å². The number of aryl methyl sites for hydroxylation is 1. The van der Waals surface area contributed by atoms with Crippen LogP contribution in [0.5, 0.6) is 0 Å². The summed E-state index contributed by atoms with van der Waals surface area (Å²) in [6, 6.07) is 32.9. The molecule has 3 amide bonds. The van der Waals surface area contributed by atoms with Crippen molar-refractivity contribution in [1.29, 1.82) is 0 Å². The molecular weight excluding hydrogens is 655 g/mol. The summed E-state index contributed by atoms with van der Waals surface area (Å²) < 4.78 is 5.32. The predicted molar refractivity (Wildman–Crippen MR) is 198 cm³/mol. The van der Waals surface area contributed by atoms with Crippen LogP contribution in [-0.2, 0) is 14.3 Å². The number of ether oxygens (including phenoxy) is 1. The maximum atomic E-state index is 13.5. The number of carbonyl (C=O) groups excluding carboxylic acids is 4. The number of hydrogen-bond acceptors (Lipinski definition) is 7. The smallest absolute Gasteiger partial charge is 0.341 e. The van der Waals surface area contributed by atoms with Crippen molar-refractivity contribution in [2.45, 2.75) is 30.9 Å². The van der Waals surface area contributed by atoms with Gasteiger partial charge in [-0.1, -0.05) is 84.4 Å². The highest BCUT2D eigenvalue weighted by Gasteiger charge is 2.25. The van der Waals surface area contributed by atoms with Crippen molar-refractivity contribution in [1.82, 2.24) is 5.32 Å². The normalized spacial score (nSPS) is 11.7. The van der Waals surface area contributed by atoms with E-state index in [-0.39, 0.29) is 18.2 Å². The van der Waals surface area contributed by atoms with Crippen LogP contribution in [0.1, 0.15) is 45.7 Å². The molecule has 5 rings (SSSR count). The summed E-state index contributed by atoms with van der Waals surface area (Å²) in [4.78, 5) is 53.6. The van der Waals surface area contributed by atoms with E-state index in [1.807, 2.05) is 79.0 Å². The molecule has 1 unspecified atom stereocenters. The highest BCUT2D eigenvalue weighted by atomic mass is 32.2. The minimum Gasteiger partial charge on any atom is -0.462 e. The lowest BCUT2D eigenvalue weighted by Crippen LogP contribution is -2.30. The summed E-state index contributed by atoms with van der Waals surface area (Å²) in [7, 11) is 0. The molecule has 0 bridgehead atoms. The van der Waals surface area contributed by atoms with E-state index in [1.54, 1.807) is 62.4 Å². The van der Waals surface area contributed by atoms with Gasteiger partial charge in [0.1, 0.15) is 16.3 Å². The van der Waals surface area contributed by atoms with Crippen LogP contribution in [0.25, 0.3) is 17.2 Å². The Morgan fingerprint density at radius 1 is 0.857 bits per heavy atom. The van der Waals surface area contributed by atoms with Crippen molar-refractivity contribution in [3.05, 3.63) is 143 Å². The average molecular weight is 690 g/mol. The third kappa shape index (κ3) is 9.34. The average Bonchev–Trinajstić information content (AvgIpc) is 3.52. The van der Waals surface area contributed by atoms with Crippen molar-refractivity contribution in [3.8, 4) is 11.1 Å². The van der Waals surface area contributed by atoms with Crippen LogP contribution >= 0.6 is 23.1 Å². The molecule has 10 heteroatoms. The molecule has 0 saturated carbocycles. The van der Waals surface area contributed by atoms with Gasteiger partial charge >= 0.3 is 5.97 Å². The van der Waals surface area contributed by atoms with Gasteiger partial charge in [0.15, 0.2) is 0 Å². The molecule has 3 N–H and O–H groups in total. The van der Waals surface area contributed by atoms with Gasteiger partial charge in [0.2, 0.25) is 5.91 Å². The lowest BCUT2D eigenvalue weighted by molar-refractivity contribution is -0.115. The molecule has 1 aromatic heterocycles.